The van der Waals surface area contributed by atoms with Crippen LogP contribution < -0.4 is 0 Å². The van der Waals surface area contributed by atoms with Crippen molar-refractivity contribution < 1.29 is 4.79 Å². The smallest absolute Gasteiger partial charge is 0.240 e. The average molecular weight is 222 g/mol. The minimum Gasteiger partial charge on any atom is -0.338 e. The molecule has 1 aliphatic heterocycles. The Morgan fingerprint density at radius 3 is 2.44 bits per heavy atom. The Labute approximate surface area is 98.4 Å². The number of carbonyl (C=O) groups is 1. The number of amides is 1. The Bertz CT molecular complexity index is 291. The van der Waals surface area contributed by atoms with Crippen LogP contribution in [0.1, 0.15) is 40.5 Å². The standard InChI is InChI=1S/C13H22N2O/c1-9(2)11(8-14)13(16)15-7-5-6-12(15)10(3)4/h9-12H,5-7H2,1-4H3. The van der Waals surface area contributed by atoms with E-state index in [1.54, 1.807) is 0 Å². The topological polar surface area (TPSA) is 44.1 Å². The fourth-order valence-electron chi connectivity index (χ4n) is 2.43. The van der Waals surface area contributed by atoms with Gasteiger partial charge in [0.05, 0.1) is 6.07 Å². The van der Waals surface area contributed by atoms with Crippen LogP contribution in [0.25, 0.3) is 0 Å². The Morgan fingerprint density at radius 2 is 2.00 bits per heavy atom. The number of nitriles is 1. The lowest BCUT2D eigenvalue weighted by atomic mass is 9.94. The van der Waals surface area contributed by atoms with E-state index in [-0.39, 0.29) is 11.8 Å². The van der Waals surface area contributed by atoms with E-state index < -0.39 is 5.92 Å². The van der Waals surface area contributed by atoms with Crippen LogP contribution in [0.3, 0.4) is 0 Å². The van der Waals surface area contributed by atoms with Gasteiger partial charge in [0.15, 0.2) is 0 Å². The molecule has 1 fully saturated rings. The molecular formula is C13H22N2O. The number of hydrogen-bond acceptors (Lipinski definition) is 2. The van der Waals surface area contributed by atoms with E-state index in [1.165, 1.54) is 0 Å². The largest absolute Gasteiger partial charge is 0.338 e. The number of nitrogens with zero attached hydrogens (tertiary/aromatic N) is 2. The number of carbonyl (C=O) groups excluding carboxylic acids is 1. The van der Waals surface area contributed by atoms with Gasteiger partial charge in [-0.1, -0.05) is 27.7 Å². The van der Waals surface area contributed by atoms with Crippen LogP contribution in [0.2, 0.25) is 0 Å². The third kappa shape index (κ3) is 2.55. The summed E-state index contributed by atoms with van der Waals surface area (Å²) in [5.41, 5.74) is 0. The van der Waals surface area contributed by atoms with Crippen molar-refractivity contribution in [3.05, 3.63) is 0 Å². The summed E-state index contributed by atoms with van der Waals surface area (Å²) in [7, 11) is 0. The number of likely N-dealkylation sites (tertiary alicyclic amines) is 1. The minimum atomic E-state index is -0.473. The molecule has 0 spiro atoms. The molecule has 0 bridgehead atoms. The maximum absolute atomic E-state index is 12.2. The molecule has 2 atom stereocenters. The summed E-state index contributed by atoms with van der Waals surface area (Å²) < 4.78 is 0. The van der Waals surface area contributed by atoms with E-state index in [0.29, 0.717) is 12.0 Å². The van der Waals surface area contributed by atoms with Crippen molar-refractivity contribution in [2.24, 2.45) is 17.8 Å². The first-order valence-corrected chi connectivity index (χ1v) is 6.19. The molecule has 1 rings (SSSR count). The van der Waals surface area contributed by atoms with Gasteiger partial charge in [0.25, 0.3) is 0 Å². The summed E-state index contributed by atoms with van der Waals surface area (Å²) in [5, 5.41) is 9.05. The second-order valence-electron chi connectivity index (χ2n) is 5.34. The summed E-state index contributed by atoms with van der Waals surface area (Å²) in [6, 6.07) is 2.48. The van der Waals surface area contributed by atoms with Crippen LogP contribution in [-0.2, 0) is 4.79 Å². The summed E-state index contributed by atoms with van der Waals surface area (Å²) >= 11 is 0. The SMILES string of the molecule is CC(C)C(C#N)C(=O)N1CCCC1C(C)C. The van der Waals surface area contributed by atoms with Crippen LogP contribution in [-0.4, -0.2) is 23.4 Å². The zero-order valence-corrected chi connectivity index (χ0v) is 10.7. The van der Waals surface area contributed by atoms with Crippen molar-refractivity contribution in [2.45, 2.75) is 46.6 Å². The normalized spacial score (nSPS) is 22.6. The second kappa shape index (κ2) is 5.34. The zero-order chi connectivity index (χ0) is 12.3. The highest BCUT2D eigenvalue weighted by Gasteiger charge is 2.35. The minimum absolute atomic E-state index is 0.0358. The molecule has 16 heavy (non-hydrogen) atoms. The molecular weight excluding hydrogens is 200 g/mol. The quantitative estimate of drug-likeness (QED) is 0.736. The van der Waals surface area contributed by atoms with Crippen molar-refractivity contribution in [1.29, 1.82) is 5.26 Å². The van der Waals surface area contributed by atoms with Gasteiger partial charge in [-0.2, -0.15) is 5.26 Å². The van der Waals surface area contributed by atoms with Gasteiger partial charge in [-0.25, -0.2) is 0 Å². The molecule has 3 heteroatoms. The van der Waals surface area contributed by atoms with Crippen molar-refractivity contribution in [3.8, 4) is 6.07 Å². The maximum atomic E-state index is 12.2. The van der Waals surface area contributed by atoms with E-state index in [9.17, 15) is 4.79 Å². The van der Waals surface area contributed by atoms with E-state index in [0.717, 1.165) is 19.4 Å². The predicted octanol–water partition coefficient (Wildman–Crippen LogP) is 2.43. The average Bonchev–Trinajstić information content (AvgIpc) is 2.65. The zero-order valence-electron chi connectivity index (χ0n) is 10.7. The second-order valence-corrected chi connectivity index (χ2v) is 5.34. The molecule has 0 saturated carbocycles. The first-order chi connectivity index (χ1) is 7.49. The highest BCUT2D eigenvalue weighted by atomic mass is 16.2. The van der Waals surface area contributed by atoms with Crippen LogP contribution >= 0.6 is 0 Å². The van der Waals surface area contributed by atoms with Crippen molar-refractivity contribution in [1.82, 2.24) is 4.90 Å². The Kier molecular flexibility index (Phi) is 4.35. The lowest BCUT2D eigenvalue weighted by Crippen LogP contribution is -2.42. The third-order valence-electron chi connectivity index (χ3n) is 3.42. The van der Waals surface area contributed by atoms with E-state index in [4.69, 9.17) is 5.26 Å². The van der Waals surface area contributed by atoms with Crippen LogP contribution in [0.5, 0.6) is 0 Å². The molecule has 0 N–H and O–H groups in total. The predicted molar refractivity (Wildman–Crippen MR) is 63.5 cm³/mol. The summed E-state index contributed by atoms with van der Waals surface area (Å²) in [6.07, 6.45) is 2.16. The van der Waals surface area contributed by atoms with E-state index in [1.807, 2.05) is 18.7 Å². The molecule has 1 aliphatic rings. The molecule has 1 saturated heterocycles. The monoisotopic (exact) mass is 222 g/mol. The highest BCUT2D eigenvalue weighted by molar-refractivity contribution is 5.82. The van der Waals surface area contributed by atoms with E-state index >= 15 is 0 Å². The van der Waals surface area contributed by atoms with Gasteiger partial charge in [-0.15, -0.1) is 0 Å². The van der Waals surface area contributed by atoms with Gasteiger partial charge in [0, 0.05) is 12.6 Å². The first-order valence-electron chi connectivity index (χ1n) is 6.19. The van der Waals surface area contributed by atoms with Gasteiger partial charge < -0.3 is 4.90 Å². The fraction of sp³-hybridized carbons (Fsp3) is 0.846. The summed E-state index contributed by atoms with van der Waals surface area (Å²) in [5.74, 6) is 0.150. The molecule has 0 aliphatic carbocycles. The molecule has 0 aromatic carbocycles. The van der Waals surface area contributed by atoms with Crippen LogP contribution in [0, 0.1) is 29.1 Å². The maximum Gasteiger partial charge on any atom is 0.240 e. The molecule has 1 heterocycles. The number of rotatable bonds is 3. The van der Waals surface area contributed by atoms with Gasteiger partial charge >= 0.3 is 0 Å². The highest BCUT2D eigenvalue weighted by Crippen LogP contribution is 2.26. The lowest BCUT2D eigenvalue weighted by molar-refractivity contribution is -0.136. The Balaban J connectivity index is 2.77. The van der Waals surface area contributed by atoms with Crippen LogP contribution in [0.15, 0.2) is 0 Å². The third-order valence-corrected chi connectivity index (χ3v) is 3.42. The van der Waals surface area contributed by atoms with E-state index in [2.05, 4.69) is 19.9 Å². The molecule has 90 valence electrons. The van der Waals surface area contributed by atoms with Crippen molar-refractivity contribution in [3.63, 3.8) is 0 Å². The summed E-state index contributed by atoms with van der Waals surface area (Å²) in [6.45, 7) is 8.99. The summed E-state index contributed by atoms with van der Waals surface area (Å²) in [4.78, 5) is 14.2. The molecule has 0 radical (unpaired) electrons. The van der Waals surface area contributed by atoms with Crippen LogP contribution in [0.4, 0.5) is 0 Å². The van der Waals surface area contributed by atoms with Gasteiger partial charge in [0.1, 0.15) is 5.92 Å². The van der Waals surface area contributed by atoms with Gasteiger partial charge in [-0.05, 0) is 24.7 Å². The molecule has 2 unspecified atom stereocenters. The van der Waals surface area contributed by atoms with Gasteiger partial charge in [0.2, 0.25) is 5.91 Å². The molecule has 0 aromatic heterocycles. The molecule has 0 aromatic rings. The lowest BCUT2D eigenvalue weighted by Gasteiger charge is -2.30. The first kappa shape index (κ1) is 13.0. The van der Waals surface area contributed by atoms with Crippen molar-refractivity contribution in [2.75, 3.05) is 6.54 Å². The Hall–Kier alpha value is -1.04. The molecule has 3 nitrogen and oxygen atoms in total. The molecule has 1 amide bonds. The van der Waals surface area contributed by atoms with Gasteiger partial charge in [-0.3, -0.25) is 4.79 Å². The van der Waals surface area contributed by atoms with Crippen molar-refractivity contribution >= 4 is 5.91 Å². The number of hydrogen-bond donors (Lipinski definition) is 0. The fourth-order valence-corrected chi connectivity index (χ4v) is 2.43. The Morgan fingerprint density at radius 1 is 1.38 bits per heavy atom.